The van der Waals surface area contributed by atoms with Crippen LogP contribution < -0.4 is 10.0 Å². The van der Waals surface area contributed by atoms with Gasteiger partial charge in [0.15, 0.2) is 0 Å². The Kier molecular flexibility index (Phi) is 7.18. The molecule has 10 rings (SSSR count). The number of nitrogens with zero attached hydrogens (tertiary/aromatic N) is 4. The highest BCUT2D eigenvalue weighted by Crippen LogP contribution is 2.58. The van der Waals surface area contributed by atoms with Gasteiger partial charge in [0.25, 0.3) is 5.95 Å². The summed E-state index contributed by atoms with van der Waals surface area (Å²) < 4.78 is 2.37. The van der Waals surface area contributed by atoms with E-state index in [1.807, 2.05) is 49.4 Å². The summed E-state index contributed by atoms with van der Waals surface area (Å²) in [7, 11) is 6.65. The standard InChI is InChI=1S/C47H29BN4S/c1-3-16-37(48)31(4-2)44-35-23-12-14-25-38(35)49-47(50-44)52-45-43(34-22-11-10-21-33(34)41-36-24-13-15-26-40(36)53-46(41)45)42-32-20-9-8-17-29(32)27-28-39(42)51(52)30-18-6-5-7-19-30/h2-3,5-28H,1H3/b16-3-,37-31-. The predicted molar refractivity (Wildman–Crippen MR) is 226 cm³/mol. The minimum atomic E-state index is 0.471. The van der Waals surface area contributed by atoms with Crippen LogP contribution in [0.2, 0.25) is 0 Å². The van der Waals surface area contributed by atoms with Gasteiger partial charge in [0.1, 0.15) is 7.85 Å². The molecule has 6 heteroatoms. The summed E-state index contributed by atoms with van der Waals surface area (Å²) in [6, 6.07) is 49.0. The second-order valence-corrected chi connectivity index (χ2v) is 14.1. The average molecular weight is 693 g/mol. The smallest absolute Gasteiger partial charge is 0.246 e. The van der Waals surface area contributed by atoms with Crippen molar-refractivity contribution in [3.8, 4) is 23.5 Å². The Morgan fingerprint density at radius 1 is 0.679 bits per heavy atom. The van der Waals surface area contributed by atoms with E-state index in [1.165, 1.54) is 31.6 Å². The molecule has 9 aromatic rings. The summed E-state index contributed by atoms with van der Waals surface area (Å²) in [6.07, 6.45) is 9.96. The van der Waals surface area contributed by atoms with Gasteiger partial charge in [-0.25, -0.2) is 20.0 Å². The maximum Gasteiger partial charge on any atom is 0.251 e. The van der Waals surface area contributed by atoms with E-state index in [1.54, 1.807) is 11.3 Å². The largest absolute Gasteiger partial charge is 0.251 e. The first-order valence-electron chi connectivity index (χ1n) is 17.6. The van der Waals surface area contributed by atoms with Gasteiger partial charge in [-0.05, 0) is 58.8 Å². The second kappa shape index (κ2) is 12.2. The van der Waals surface area contributed by atoms with Crippen LogP contribution in [0.4, 0.5) is 23.0 Å². The van der Waals surface area contributed by atoms with Crippen LogP contribution in [0.25, 0.3) is 69.3 Å². The zero-order valence-electron chi connectivity index (χ0n) is 28.8. The first-order chi connectivity index (χ1) is 26.2. The van der Waals surface area contributed by atoms with E-state index in [0.29, 0.717) is 22.7 Å². The molecule has 1 aliphatic rings. The Bertz CT molecular complexity index is 3060. The van der Waals surface area contributed by atoms with E-state index in [2.05, 4.69) is 125 Å². The van der Waals surface area contributed by atoms with Crippen molar-refractivity contribution >= 4 is 100 Å². The van der Waals surface area contributed by atoms with Gasteiger partial charge >= 0.3 is 0 Å². The number of hydrazine groups is 1. The number of fused-ring (bicyclic) bond motifs is 13. The van der Waals surface area contributed by atoms with Crippen molar-refractivity contribution in [3.63, 3.8) is 0 Å². The van der Waals surface area contributed by atoms with Crippen molar-refractivity contribution in [2.24, 2.45) is 0 Å². The highest BCUT2D eigenvalue weighted by Gasteiger charge is 2.38. The van der Waals surface area contributed by atoms with Gasteiger partial charge in [-0.2, -0.15) is 0 Å². The Morgan fingerprint density at radius 3 is 2.15 bits per heavy atom. The first kappa shape index (κ1) is 31.1. The Balaban J connectivity index is 1.44. The minimum absolute atomic E-state index is 0.471. The number of aromatic nitrogens is 2. The van der Waals surface area contributed by atoms with Gasteiger partial charge in [0.2, 0.25) is 0 Å². The van der Waals surface area contributed by atoms with Crippen LogP contribution in [0.3, 0.4) is 0 Å². The van der Waals surface area contributed by atoms with Crippen LogP contribution in [0, 0.1) is 12.3 Å². The lowest BCUT2D eigenvalue weighted by atomic mass is 9.87. The lowest BCUT2D eigenvalue weighted by molar-refractivity contribution is 0.929. The Hall–Kier alpha value is -6.68. The number of thiophene rings is 1. The van der Waals surface area contributed by atoms with Crippen molar-refractivity contribution in [2.75, 3.05) is 10.0 Å². The monoisotopic (exact) mass is 692 g/mol. The Morgan fingerprint density at radius 2 is 1.36 bits per heavy atom. The van der Waals surface area contributed by atoms with Crippen LogP contribution in [-0.4, -0.2) is 17.8 Å². The number of terminal acetylenes is 1. The molecule has 53 heavy (non-hydrogen) atoms. The average Bonchev–Trinajstić information content (AvgIpc) is 3.60. The maximum absolute atomic E-state index is 6.65. The zero-order chi connectivity index (χ0) is 35.6. The molecule has 246 valence electrons. The molecule has 0 spiro atoms. The molecule has 3 heterocycles. The molecule has 2 aromatic heterocycles. The molecule has 0 bridgehead atoms. The first-order valence-corrected chi connectivity index (χ1v) is 18.4. The summed E-state index contributed by atoms with van der Waals surface area (Å²) in [5, 5.41) is 12.5. The third-order valence-electron chi connectivity index (χ3n) is 10.1. The molecule has 4 nitrogen and oxygen atoms in total. The molecular formula is C47H29BN4S. The van der Waals surface area contributed by atoms with Crippen LogP contribution in [0.5, 0.6) is 0 Å². The third-order valence-corrected chi connectivity index (χ3v) is 11.3. The van der Waals surface area contributed by atoms with E-state index < -0.39 is 0 Å². The Labute approximate surface area is 312 Å². The van der Waals surface area contributed by atoms with E-state index in [9.17, 15) is 0 Å². The SMILES string of the molecule is [B]C(/C=C\C)=C(/C#C)c1nc(N2c3c(c4ccccc4c4c3sc3ccccc34)-c3c(ccc4ccccc34)N2c2ccccc2)nc2ccccc12. The van der Waals surface area contributed by atoms with Crippen LogP contribution >= 0.6 is 11.3 Å². The van der Waals surface area contributed by atoms with Crippen LogP contribution in [-0.2, 0) is 0 Å². The minimum Gasteiger partial charge on any atom is -0.246 e. The molecule has 0 unspecified atom stereocenters. The molecule has 1 aliphatic heterocycles. The van der Waals surface area contributed by atoms with Crippen molar-refractivity contribution in [1.82, 2.24) is 9.97 Å². The van der Waals surface area contributed by atoms with Crippen molar-refractivity contribution < 1.29 is 0 Å². The molecule has 0 atom stereocenters. The molecular weight excluding hydrogens is 663 g/mol. The summed E-state index contributed by atoms with van der Waals surface area (Å²) in [5.74, 6) is 3.36. The lowest BCUT2D eigenvalue weighted by Crippen LogP contribution is -2.40. The number of allylic oxidation sites excluding steroid dienone is 4. The molecule has 0 saturated heterocycles. The highest BCUT2D eigenvalue weighted by molar-refractivity contribution is 7.26. The molecule has 2 radical (unpaired) electrons. The molecule has 0 fully saturated rings. The third kappa shape index (κ3) is 4.65. The van der Waals surface area contributed by atoms with Gasteiger partial charge < -0.3 is 0 Å². The molecule has 0 aliphatic carbocycles. The number of hydrogen-bond acceptors (Lipinski definition) is 5. The zero-order valence-corrected chi connectivity index (χ0v) is 29.6. The van der Waals surface area contributed by atoms with Gasteiger partial charge in [-0.1, -0.05) is 133 Å². The predicted octanol–water partition coefficient (Wildman–Crippen LogP) is 12.3. The molecule has 0 saturated carbocycles. The van der Waals surface area contributed by atoms with Gasteiger partial charge in [-0.3, -0.25) is 0 Å². The van der Waals surface area contributed by atoms with Crippen LogP contribution in [0.15, 0.2) is 157 Å². The number of hydrogen-bond donors (Lipinski definition) is 0. The van der Waals surface area contributed by atoms with Gasteiger partial charge in [-0.15, -0.1) is 17.8 Å². The summed E-state index contributed by atoms with van der Waals surface area (Å²) in [4.78, 5) is 10.8. The van der Waals surface area contributed by atoms with Gasteiger partial charge in [0, 0.05) is 37.6 Å². The van der Waals surface area contributed by atoms with Crippen molar-refractivity contribution in [3.05, 3.63) is 163 Å². The summed E-state index contributed by atoms with van der Waals surface area (Å²) >= 11 is 1.80. The topological polar surface area (TPSA) is 32.3 Å². The molecule has 0 N–H and O–H groups in total. The van der Waals surface area contributed by atoms with E-state index >= 15 is 0 Å². The summed E-state index contributed by atoms with van der Waals surface area (Å²) in [5.41, 5.74) is 7.67. The quantitative estimate of drug-likeness (QED) is 0.104. The van der Waals surface area contributed by atoms with Gasteiger partial charge in [0.05, 0.1) is 33.0 Å². The molecule has 7 aromatic carbocycles. The number of benzene rings is 7. The normalized spacial score (nSPS) is 13.2. The molecule has 0 amide bonds. The number of anilines is 4. The second-order valence-electron chi connectivity index (χ2n) is 13.1. The number of para-hydroxylation sites is 2. The van der Waals surface area contributed by atoms with Crippen molar-refractivity contribution in [1.29, 1.82) is 0 Å². The van der Waals surface area contributed by atoms with Crippen molar-refractivity contribution in [2.45, 2.75) is 6.92 Å². The van der Waals surface area contributed by atoms with E-state index in [0.717, 1.165) is 49.2 Å². The summed E-state index contributed by atoms with van der Waals surface area (Å²) in [6.45, 7) is 1.93. The lowest BCUT2D eigenvalue weighted by Gasteiger charge is -2.43. The maximum atomic E-state index is 6.65. The van der Waals surface area contributed by atoms with E-state index in [-0.39, 0.29) is 0 Å². The fraction of sp³-hybridized carbons (Fsp3) is 0.0213. The highest BCUT2D eigenvalue weighted by atomic mass is 32.1. The fourth-order valence-corrected chi connectivity index (χ4v) is 9.17. The van der Waals surface area contributed by atoms with Crippen LogP contribution in [0.1, 0.15) is 12.6 Å². The fourth-order valence-electron chi connectivity index (χ4n) is 7.92. The number of rotatable bonds is 4. The van der Waals surface area contributed by atoms with E-state index in [4.69, 9.17) is 24.2 Å².